The highest BCUT2D eigenvalue weighted by Gasteiger charge is 2.54. The average molecular weight is 803 g/mol. The molecule has 2 heterocycles. The van der Waals surface area contributed by atoms with Gasteiger partial charge in [0.15, 0.2) is 5.67 Å². The van der Waals surface area contributed by atoms with Crippen LogP contribution in [-0.4, -0.2) is 58.2 Å². The number of rotatable bonds is 15. The second-order valence-corrected chi connectivity index (χ2v) is 26.2. The molecule has 1 aliphatic rings. The molecule has 0 bridgehead atoms. The molecular weight excluding hydrogens is 744 g/mol. The van der Waals surface area contributed by atoms with E-state index in [1.807, 2.05) is 84.9 Å². The molecule has 6 nitrogen and oxygen atoms in total. The van der Waals surface area contributed by atoms with Gasteiger partial charge in [-0.25, -0.2) is 14.2 Å². The SMILES string of the molecule is CC(C)(C)[Si](OCC(F)(CCCCc1ccc2c(n1)N(C(=O)O)CCC2)CO[Si](c1ccccc1)(c1ccccc1)C(C)(C)C)(c1ccccc1)c1ccccc1. The van der Waals surface area contributed by atoms with Crippen molar-refractivity contribution in [2.24, 2.45) is 0 Å². The van der Waals surface area contributed by atoms with Crippen LogP contribution < -0.4 is 25.6 Å². The fourth-order valence-electron chi connectivity index (χ4n) is 8.74. The number of carboxylic acid groups (broad SMARTS) is 1. The summed E-state index contributed by atoms with van der Waals surface area (Å²) in [6.07, 6.45) is 2.72. The first kappa shape index (κ1) is 42.2. The Bertz CT molecular complexity index is 1870. The maximum atomic E-state index is 18.5. The molecule has 57 heavy (non-hydrogen) atoms. The third-order valence-electron chi connectivity index (χ3n) is 11.6. The van der Waals surface area contributed by atoms with E-state index in [-0.39, 0.29) is 29.7 Å². The number of pyridine rings is 1. The van der Waals surface area contributed by atoms with E-state index in [9.17, 15) is 9.90 Å². The fraction of sp³-hybridized carbons (Fsp3) is 0.375. The van der Waals surface area contributed by atoms with E-state index in [2.05, 4.69) is 90.1 Å². The number of fused-ring (bicyclic) bond motifs is 1. The lowest BCUT2D eigenvalue weighted by atomic mass is 9.99. The van der Waals surface area contributed by atoms with Crippen LogP contribution in [0.1, 0.15) is 78.5 Å². The number of halogens is 1. The summed E-state index contributed by atoms with van der Waals surface area (Å²) in [5.74, 6) is 0.531. The molecule has 1 aromatic heterocycles. The first-order valence-electron chi connectivity index (χ1n) is 20.4. The highest BCUT2D eigenvalue weighted by molar-refractivity contribution is 7.00. The minimum atomic E-state index is -3.08. The van der Waals surface area contributed by atoms with Gasteiger partial charge in [0.05, 0.1) is 13.2 Å². The number of hydrogen-bond donors (Lipinski definition) is 1. The average Bonchev–Trinajstić information content (AvgIpc) is 3.20. The fourth-order valence-corrected chi connectivity index (χ4v) is 18.0. The molecule has 0 unspecified atom stereocenters. The Morgan fingerprint density at radius 2 is 1.09 bits per heavy atom. The van der Waals surface area contributed by atoms with Gasteiger partial charge in [-0.3, -0.25) is 4.90 Å². The topological polar surface area (TPSA) is 71.9 Å². The van der Waals surface area contributed by atoms with Crippen LogP contribution in [-0.2, 0) is 21.7 Å². The molecule has 1 aliphatic heterocycles. The van der Waals surface area contributed by atoms with Crippen molar-refractivity contribution in [2.45, 2.75) is 95.8 Å². The Hall–Kier alpha value is -4.42. The number of benzene rings is 4. The molecule has 1 amide bonds. The third-order valence-corrected chi connectivity index (χ3v) is 21.5. The second-order valence-electron chi connectivity index (χ2n) is 17.6. The summed E-state index contributed by atoms with van der Waals surface area (Å²) in [6.45, 7) is 13.5. The summed E-state index contributed by atoms with van der Waals surface area (Å²) in [5, 5.41) is 13.6. The van der Waals surface area contributed by atoms with Crippen LogP contribution in [0, 0.1) is 0 Å². The molecule has 0 aliphatic carbocycles. The van der Waals surface area contributed by atoms with Crippen molar-refractivity contribution in [3.05, 3.63) is 145 Å². The van der Waals surface area contributed by atoms with Gasteiger partial charge in [0, 0.05) is 12.2 Å². The van der Waals surface area contributed by atoms with Crippen molar-refractivity contribution in [3.8, 4) is 0 Å². The third kappa shape index (κ3) is 9.02. The zero-order valence-electron chi connectivity index (χ0n) is 34.5. The van der Waals surface area contributed by atoms with Crippen molar-refractivity contribution in [2.75, 3.05) is 24.7 Å². The van der Waals surface area contributed by atoms with Crippen LogP contribution in [0.5, 0.6) is 0 Å². The van der Waals surface area contributed by atoms with Gasteiger partial charge in [0.1, 0.15) is 5.82 Å². The summed E-state index contributed by atoms with van der Waals surface area (Å²) in [5.41, 5.74) is -0.0571. The van der Waals surface area contributed by atoms with E-state index < -0.39 is 28.4 Å². The van der Waals surface area contributed by atoms with Gasteiger partial charge in [-0.2, -0.15) is 0 Å². The van der Waals surface area contributed by atoms with Crippen LogP contribution in [0.4, 0.5) is 15.0 Å². The van der Waals surface area contributed by atoms with Gasteiger partial charge < -0.3 is 14.0 Å². The highest BCUT2D eigenvalue weighted by Crippen LogP contribution is 2.40. The van der Waals surface area contributed by atoms with E-state index in [1.165, 1.54) is 4.90 Å². The predicted molar refractivity (Wildman–Crippen MR) is 236 cm³/mol. The van der Waals surface area contributed by atoms with Gasteiger partial charge in [-0.1, -0.05) is 169 Å². The molecule has 0 fully saturated rings. The Morgan fingerprint density at radius 3 is 1.47 bits per heavy atom. The lowest BCUT2D eigenvalue weighted by Gasteiger charge is -2.46. The molecule has 300 valence electrons. The van der Waals surface area contributed by atoms with Crippen molar-refractivity contribution < 1.29 is 23.1 Å². The first-order chi connectivity index (χ1) is 27.2. The summed E-state index contributed by atoms with van der Waals surface area (Å²) in [4.78, 5) is 18.1. The number of unbranched alkanes of at least 4 members (excludes halogenated alkanes) is 1. The Labute approximate surface area is 341 Å². The van der Waals surface area contributed by atoms with Crippen molar-refractivity contribution >= 4 is 49.3 Å². The zero-order chi connectivity index (χ0) is 40.7. The normalized spacial score (nSPS) is 14.0. The van der Waals surface area contributed by atoms with E-state index in [0.717, 1.165) is 44.8 Å². The predicted octanol–water partition coefficient (Wildman–Crippen LogP) is 9.09. The van der Waals surface area contributed by atoms with Crippen molar-refractivity contribution in [1.29, 1.82) is 0 Å². The molecule has 1 N–H and O–H groups in total. The molecule has 0 atom stereocenters. The lowest BCUT2D eigenvalue weighted by molar-refractivity contribution is 0.0194. The number of aryl methyl sites for hydroxylation is 2. The van der Waals surface area contributed by atoms with Crippen LogP contribution in [0.25, 0.3) is 0 Å². The van der Waals surface area contributed by atoms with E-state index in [1.54, 1.807) is 0 Å². The Kier molecular flexibility index (Phi) is 13.0. The maximum Gasteiger partial charge on any atom is 0.413 e. The number of carbonyl (C=O) groups is 1. The Balaban J connectivity index is 1.35. The monoisotopic (exact) mass is 802 g/mol. The zero-order valence-corrected chi connectivity index (χ0v) is 36.5. The quantitative estimate of drug-likeness (QED) is 0.0846. The van der Waals surface area contributed by atoms with E-state index in [4.69, 9.17) is 13.8 Å². The van der Waals surface area contributed by atoms with Crippen LogP contribution in [0.15, 0.2) is 133 Å². The number of amides is 1. The van der Waals surface area contributed by atoms with E-state index >= 15 is 4.39 Å². The van der Waals surface area contributed by atoms with Gasteiger partial charge in [-0.05, 0) is 81.0 Å². The molecule has 0 radical (unpaired) electrons. The van der Waals surface area contributed by atoms with E-state index in [0.29, 0.717) is 31.6 Å². The van der Waals surface area contributed by atoms with Crippen LogP contribution >= 0.6 is 0 Å². The van der Waals surface area contributed by atoms with Gasteiger partial charge >= 0.3 is 6.09 Å². The number of anilines is 1. The standard InChI is InChI=1S/C48H59FN2O4Si2/c1-46(2,3)56(40-24-11-7-12-25-40,41-26-13-8-14-27-41)54-36-48(49,34-20-19-23-39-33-32-38-22-21-35-51(45(52)53)44(38)50-39)37-55-57(47(4,5)6,42-28-15-9-16-29-42)43-30-17-10-18-31-43/h7-18,24-33H,19-23,34-37H2,1-6H3,(H,52,53). The first-order valence-corrected chi connectivity index (χ1v) is 24.2. The maximum absolute atomic E-state index is 18.5. The summed E-state index contributed by atoms with van der Waals surface area (Å²) >= 11 is 0. The van der Waals surface area contributed by atoms with Crippen molar-refractivity contribution in [3.63, 3.8) is 0 Å². The second kappa shape index (κ2) is 17.6. The number of alkyl halides is 1. The molecule has 0 spiro atoms. The number of hydrogen-bond acceptors (Lipinski definition) is 4. The van der Waals surface area contributed by atoms with Gasteiger partial charge in [0.25, 0.3) is 16.6 Å². The van der Waals surface area contributed by atoms with Gasteiger partial charge in [0.2, 0.25) is 0 Å². The minimum Gasteiger partial charge on any atom is -0.465 e. The summed E-state index contributed by atoms with van der Waals surface area (Å²) < 4.78 is 33.2. The number of nitrogens with zero attached hydrogens (tertiary/aromatic N) is 2. The minimum absolute atomic E-state index is 0.122. The van der Waals surface area contributed by atoms with Gasteiger partial charge in [-0.15, -0.1) is 0 Å². The molecule has 0 saturated heterocycles. The molecule has 4 aromatic carbocycles. The molecule has 0 saturated carbocycles. The van der Waals surface area contributed by atoms with Crippen molar-refractivity contribution in [1.82, 2.24) is 4.98 Å². The molecular formula is C48H59FN2O4Si2. The Morgan fingerprint density at radius 1 is 0.667 bits per heavy atom. The molecule has 6 rings (SSSR count). The molecule has 9 heteroatoms. The highest BCUT2D eigenvalue weighted by atomic mass is 28.4. The largest absolute Gasteiger partial charge is 0.465 e. The smallest absolute Gasteiger partial charge is 0.413 e. The molecule has 5 aromatic rings. The van der Waals surface area contributed by atoms with Crippen LogP contribution in [0.2, 0.25) is 10.1 Å². The number of aromatic nitrogens is 1. The van der Waals surface area contributed by atoms with Crippen LogP contribution in [0.3, 0.4) is 0 Å². The summed E-state index contributed by atoms with van der Waals surface area (Å²) in [7, 11) is -6.15. The lowest BCUT2D eigenvalue weighted by Crippen LogP contribution is -2.69. The summed E-state index contributed by atoms with van der Waals surface area (Å²) in [6, 6.07) is 45.6.